The summed E-state index contributed by atoms with van der Waals surface area (Å²) in [4.78, 5) is 28.4. The average Bonchev–Trinajstić information content (AvgIpc) is 3.15. The third-order valence-electron chi connectivity index (χ3n) is 5.99. The van der Waals surface area contributed by atoms with Crippen LogP contribution >= 0.6 is 0 Å². The van der Waals surface area contributed by atoms with Crippen LogP contribution in [0, 0.1) is 0 Å². The Hall–Kier alpha value is -2.32. The molecule has 3 atom stereocenters. The zero-order chi connectivity index (χ0) is 18.6. The van der Waals surface area contributed by atoms with Crippen LogP contribution in [0.1, 0.15) is 25.3 Å². The predicted octanol–water partition coefficient (Wildman–Crippen LogP) is 1.13. The number of benzene rings is 1. The van der Waals surface area contributed by atoms with E-state index in [2.05, 4.69) is 36.1 Å². The summed E-state index contributed by atoms with van der Waals surface area (Å²) in [7, 11) is 4.22. The number of fused-ring (bicyclic) bond motifs is 3. The van der Waals surface area contributed by atoms with Gasteiger partial charge in [0.2, 0.25) is 0 Å². The van der Waals surface area contributed by atoms with Gasteiger partial charge in [-0.05, 0) is 43.7 Å². The summed E-state index contributed by atoms with van der Waals surface area (Å²) in [5.41, 5.74) is 2.32. The highest BCUT2D eigenvalue weighted by Gasteiger charge is 2.52. The molecule has 0 aromatic heterocycles. The molecule has 0 bridgehead atoms. The van der Waals surface area contributed by atoms with Crippen LogP contribution in [0.25, 0.3) is 0 Å². The van der Waals surface area contributed by atoms with Crippen molar-refractivity contribution in [2.75, 3.05) is 32.1 Å². The van der Waals surface area contributed by atoms with E-state index in [1.807, 2.05) is 12.1 Å². The van der Waals surface area contributed by atoms with Crippen LogP contribution in [-0.4, -0.2) is 66.6 Å². The molecule has 140 valence electrons. The Balaban J connectivity index is 1.51. The molecular weight excluding hydrogens is 336 g/mol. The highest BCUT2D eigenvalue weighted by atomic mass is 16.6. The molecule has 2 N–H and O–H groups in total. The van der Waals surface area contributed by atoms with E-state index in [-0.39, 0.29) is 12.0 Å². The lowest BCUT2D eigenvalue weighted by Gasteiger charge is -2.32. The number of nitrogens with one attached hydrogen (secondary N) is 1. The second-order valence-electron chi connectivity index (χ2n) is 7.65. The average molecular weight is 360 g/mol. The molecule has 0 unspecified atom stereocenters. The normalized spacial score (nSPS) is 30.5. The molecule has 8 heteroatoms. The first kappa shape index (κ1) is 17.1. The maximum absolute atomic E-state index is 12.1. The molecule has 3 aliphatic heterocycles. The predicted molar refractivity (Wildman–Crippen MR) is 94.3 cm³/mol. The third kappa shape index (κ3) is 2.44. The van der Waals surface area contributed by atoms with E-state index in [1.54, 1.807) is 6.07 Å². The van der Waals surface area contributed by atoms with Crippen LogP contribution < -0.4 is 15.0 Å². The smallest absolute Gasteiger partial charge is 0.410 e. The van der Waals surface area contributed by atoms with Gasteiger partial charge in [-0.3, -0.25) is 14.9 Å². The molecule has 26 heavy (non-hydrogen) atoms. The number of hydroxylamine groups is 2. The maximum atomic E-state index is 12.1. The van der Waals surface area contributed by atoms with Gasteiger partial charge in [-0.25, -0.2) is 9.86 Å². The molecule has 2 amide bonds. The molecule has 0 saturated carbocycles. The van der Waals surface area contributed by atoms with Crippen molar-refractivity contribution in [3.63, 3.8) is 0 Å². The summed E-state index contributed by atoms with van der Waals surface area (Å²) in [5, 5.41) is 12.5. The van der Waals surface area contributed by atoms with Crippen molar-refractivity contribution >= 4 is 17.7 Å². The van der Waals surface area contributed by atoms with Gasteiger partial charge in [-0.2, -0.15) is 0 Å². The van der Waals surface area contributed by atoms with Crippen molar-refractivity contribution in [2.24, 2.45) is 0 Å². The third-order valence-corrected chi connectivity index (χ3v) is 5.99. The lowest BCUT2D eigenvalue weighted by molar-refractivity contribution is -0.158. The molecule has 4 rings (SSSR count). The number of amides is 2. The lowest BCUT2D eigenvalue weighted by atomic mass is 9.81. The standard InChI is InChI=1S/C18H24N4O4/c1-18-7-9-20(2)16(18)21(3)14-5-4-11(10-12(14)18)26-17(24)19-13-6-8-22(25)15(13)23/h4-5,10,13,16,25H,6-9H2,1-3H3,(H,19,24)/t13-,16-,18+/m1/s1. The van der Waals surface area contributed by atoms with E-state index in [1.165, 1.54) is 5.56 Å². The van der Waals surface area contributed by atoms with Gasteiger partial charge in [0.05, 0.1) is 12.7 Å². The monoisotopic (exact) mass is 360 g/mol. The minimum absolute atomic E-state index is 0.00646. The summed E-state index contributed by atoms with van der Waals surface area (Å²) in [6.07, 6.45) is 1.03. The van der Waals surface area contributed by atoms with Crippen LogP contribution in [0.4, 0.5) is 10.5 Å². The topological polar surface area (TPSA) is 85.4 Å². The number of carbonyl (C=O) groups is 2. The molecule has 3 heterocycles. The molecule has 3 aliphatic rings. The number of carbonyl (C=O) groups excluding carboxylic acids is 2. The van der Waals surface area contributed by atoms with Gasteiger partial charge in [0, 0.05) is 24.7 Å². The number of hydrogen-bond acceptors (Lipinski definition) is 6. The summed E-state index contributed by atoms with van der Waals surface area (Å²) in [6.45, 7) is 3.49. The number of hydrogen-bond donors (Lipinski definition) is 2. The molecule has 0 radical (unpaired) electrons. The Kier molecular flexibility index (Phi) is 3.85. The molecule has 0 aliphatic carbocycles. The first-order valence-electron chi connectivity index (χ1n) is 8.87. The van der Waals surface area contributed by atoms with Crippen LogP contribution in [0.2, 0.25) is 0 Å². The van der Waals surface area contributed by atoms with Gasteiger partial charge < -0.3 is 15.0 Å². The molecule has 2 fully saturated rings. The van der Waals surface area contributed by atoms with E-state index in [0.29, 0.717) is 23.4 Å². The van der Waals surface area contributed by atoms with E-state index in [9.17, 15) is 14.8 Å². The Morgan fingerprint density at radius 2 is 2.12 bits per heavy atom. The largest absolute Gasteiger partial charge is 0.413 e. The number of rotatable bonds is 2. The molecule has 2 saturated heterocycles. The first-order chi connectivity index (χ1) is 12.3. The lowest BCUT2D eigenvalue weighted by Crippen LogP contribution is -2.45. The second-order valence-corrected chi connectivity index (χ2v) is 7.65. The van der Waals surface area contributed by atoms with Gasteiger partial charge in [0.1, 0.15) is 11.8 Å². The molecule has 0 spiro atoms. The van der Waals surface area contributed by atoms with Crippen molar-refractivity contribution < 1.29 is 19.5 Å². The van der Waals surface area contributed by atoms with Gasteiger partial charge in [0.25, 0.3) is 5.91 Å². The Labute approximate surface area is 152 Å². The highest BCUT2D eigenvalue weighted by molar-refractivity contribution is 5.87. The SMILES string of the molecule is CN1CC[C@@]2(C)c3cc(OC(=O)N[C@@H]4CCN(O)C4=O)ccc3N(C)[C@@H]12. The van der Waals surface area contributed by atoms with E-state index >= 15 is 0 Å². The fraction of sp³-hybridized carbons (Fsp3) is 0.556. The minimum atomic E-state index is -0.738. The van der Waals surface area contributed by atoms with E-state index < -0.39 is 18.0 Å². The van der Waals surface area contributed by atoms with Crippen LogP contribution in [-0.2, 0) is 10.2 Å². The van der Waals surface area contributed by atoms with Gasteiger partial charge >= 0.3 is 6.09 Å². The minimum Gasteiger partial charge on any atom is -0.410 e. The summed E-state index contributed by atoms with van der Waals surface area (Å²) >= 11 is 0. The summed E-state index contributed by atoms with van der Waals surface area (Å²) in [5.74, 6) is -0.0562. The number of anilines is 1. The van der Waals surface area contributed by atoms with Crippen molar-refractivity contribution in [1.29, 1.82) is 0 Å². The quantitative estimate of drug-likeness (QED) is 0.769. The summed E-state index contributed by atoms with van der Waals surface area (Å²) in [6, 6.07) is 4.94. The molecular formula is C18H24N4O4. The van der Waals surface area contributed by atoms with Crippen LogP contribution in [0.3, 0.4) is 0 Å². The maximum Gasteiger partial charge on any atom is 0.413 e. The number of likely N-dealkylation sites (N-methyl/N-ethyl adjacent to an activating group) is 2. The first-order valence-corrected chi connectivity index (χ1v) is 8.87. The van der Waals surface area contributed by atoms with Crippen LogP contribution in [0.5, 0.6) is 5.75 Å². The Bertz CT molecular complexity index is 770. The fourth-order valence-corrected chi connectivity index (χ4v) is 4.70. The van der Waals surface area contributed by atoms with Crippen molar-refractivity contribution in [3.8, 4) is 5.75 Å². The van der Waals surface area contributed by atoms with Crippen LogP contribution in [0.15, 0.2) is 18.2 Å². The number of nitrogens with zero attached hydrogens (tertiary/aromatic N) is 3. The Morgan fingerprint density at radius 3 is 2.81 bits per heavy atom. The van der Waals surface area contributed by atoms with E-state index in [4.69, 9.17) is 4.74 Å². The fourth-order valence-electron chi connectivity index (χ4n) is 4.70. The van der Waals surface area contributed by atoms with Crippen molar-refractivity contribution in [2.45, 2.75) is 37.4 Å². The van der Waals surface area contributed by atoms with Gasteiger partial charge in [0.15, 0.2) is 0 Å². The molecule has 1 aromatic rings. The second kappa shape index (κ2) is 5.85. The summed E-state index contributed by atoms with van der Waals surface area (Å²) < 4.78 is 5.41. The zero-order valence-corrected chi connectivity index (χ0v) is 15.2. The molecule has 1 aromatic carbocycles. The number of ether oxygens (including phenoxy) is 1. The zero-order valence-electron chi connectivity index (χ0n) is 15.2. The Morgan fingerprint density at radius 1 is 1.35 bits per heavy atom. The van der Waals surface area contributed by atoms with E-state index in [0.717, 1.165) is 18.7 Å². The number of likely N-dealkylation sites (tertiary alicyclic amines) is 1. The van der Waals surface area contributed by atoms with Gasteiger partial charge in [-0.15, -0.1) is 0 Å². The van der Waals surface area contributed by atoms with Gasteiger partial charge in [-0.1, -0.05) is 6.92 Å². The highest BCUT2D eigenvalue weighted by Crippen LogP contribution is 2.51. The van der Waals surface area contributed by atoms with Crippen molar-refractivity contribution in [3.05, 3.63) is 23.8 Å². The van der Waals surface area contributed by atoms with Crippen molar-refractivity contribution in [1.82, 2.24) is 15.3 Å². The molecule has 8 nitrogen and oxygen atoms in total.